The molecular formula is C35H61N3O6. The van der Waals surface area contributed by atoms with E-state index in [0.717, 1.165) is 75.9 Å². The van der Waals surface area contributed by atoms with Crippen LogP contribution in [0.25, 0.3) is 0 Å². The standard InChI is InChI=1S/C35H61N3O6/c1-23(40)34-30(22-39)33(35(41)36-18-17-27-20-37-31-7-3-2-6-29(27)31)38(44-34)21-24-9-11-25(12-10-24)26-13-15-28(16-14-26)43-32-8-4-5-19-42-32/h23-34,37,39-40H,2-22H2,1H3,(H,36,41)/t23-,24?,25?,26?,27?,28?,29?,30-,31?,32?,33-,34-/m1/s1. The number of hydrogen-bond acceptors (Lipinski definition) is 8. The van der Waals surface area contributed by atoms with E-state index in [4.69, 9.17) is 14.3 Å². The van der Waals surface area contributed by atoms with Gasteiger partial charge < -0.3 is 30.3 Å². The van der Waals surface area contributed by atoms with Crippen LogP contribution in [0.2, 0.25) is 0 Å². The van der Waals surface area contributed by atoms with Crippen LogP contribution in [0.5, 0.6) is 0 Å². The van der Waals surface area contributed by atoms with E-state index in [9.17, 15) is 15.0 Å². The number of aliphatic hydroxyl groups excluding tert-OH is 2. The lowest BCUT2D eigenvalue weighted by atomic mass is 9.70. The van der Waals surface area contributed by atoms with Gasteiger partial charge in [-0.15, -0.1) is 0 Å². The molecule has 252 valence electrons. The van der Waals surface area contributed by atoms with Crippen LogP contribution >= 0.6 is 0 Å². The van der Waals surface area contributed by atoms with Gasteiger partial charge in [0.05, 0.1) is 18.8 Å². The Bertz CT molecular complexity index is 886. The van der Waals surface area contributed by atoms with Gasteiger partial charge in [-0.25, -0.2) is 0 Å². The van der Waals surface area contributed by atoms with Gasteiger partial charge in [-0.1, -0.05) is 12.8 Å². The van der Waals surface area contributed by atoms with Crippen molar-refractivity contribution in [3.05, 3.63) is 0 Å². The Balaban J connectivity index is 0.964. The quantitative estimate of drug-likeness (QED) is 0.273. The minimum Gasteiger partial charge on any atom is -0.396 e. The fraction of sp³-hybridized carbons (Fsp3) is 0.971. The van der Waals surface area contributed by atoms with Crippen LogP contribution in [-0.4, -0.2) is 90.7 Å². The largest absolute Gasteiger partial charge is 0.396 e. The fourth-order valence-electron chi connectivity index (χ4n) is 9.88. The zero-order valence-electron chi connectivity index (χ0n) is 27.3. The molecule has 4 unspecified atom stereocenters. The van der Waals surface area contributed by atoms with Crippen molar-refractivity contribution >= 4 is 5.91 Å². The van der Waals surface area contributed by atoms with Crippen LogP contribution in [0.1, 0.15) is 110 Å². The molecule has 9 heteroatoms. The highest BCUT2D eigenvalue weighted by molar-refractivity contribution is 5.82. The average molecular weight is 620 g/mol. The van der Waals surface area contributed by atoms with E-state index in [2.05, 4.69) is 10.6 Å². The Morgan fingerprint density at radius 1 is 0.977 bits per heavy atom. The first kappa shape index (κ1) is 33.1. The minimum atomic E-state index is -0.750. The molecule has 0 radical (unpaired) electrons. The highest BCUT2D eigenvalue weighted by Crippen LogP contribution is 2.42. The van der Waals surface area contributed by atoms with Gasteiger partial charge >= 0.3 is 0 Å². The SMILES string of the molecule is C[C@@H](O)[C@H]1ON(CC2CCC(C3CCC(OC4CCCCO4)CC3)CC2)[C@@H](C(=O)NCCC2CNC3CCCCC23)[C@H]1CO. The Morgan fingerprint density at radius 3 is 2.41 bits per heavy atom. The summed E-state index contributed by atoms with van der Waals surface area (Å²) in [6, 6.07) is 0.0964. The zero-order valence-corrected chi connectivity index (χ0v) is 27.3. The summed E-state index contributed by atoms with van der Waals surface area (Å²) < 4.78 is 12.1. The molecule has 1 amide bonds. The van der Waals surface area contributed by atoms with Gasteiger partial charge in [0.15, 0.2) is 6.29 Å². The zero-order chi connectivity index (χ0) is 30.5. The second kappa shape index (κ2) is 15.9. The predicted octanol–water partition coefficient (Wildman–Crippen LogP) is 4.15. The maximum atomic E-state index is 13.6. The molecule has 4 N–H and O–H groups in total. The van der Waals surface area contributed by atoms with Crippen LogP contribution in [0.3, 0.4) is 0 Å². The fourth-order valence-corrected chi connectivity index (χ4v) is 9.88. The molecule has 0 aromatic heterocycles. The summed E-state index contributed by atoms with van der Waals surface area (Å²) in [6.45, 7) is 4.77. The normalized spacial score (nSPS) is 42.6. The number of hydroxylamine groups is 2. The second-order valence-corrected chi connectivity index (χ2v) is 15.3. The highest BCUT2D eigenvalue weighted by atomic mass is 16.7. The summed E-state index contributed by atoms with van der Waals surface area (Å²) >= 11 is 0. The first-order chi connectivity index (χ1) is 21.5. The summed E-state index contributed by atoms with van der Waals surface area (Å²) in [7, 11) is 0. The molecule has 0 bridgehead atoms. The third-order valence-corrected chi connectivity index (χ3v) is 12.4. The Kier molecular flexibility index (Phi) is 11.9. The lowest BCUT2D eigenvalue weighted by molar-refractivity contribution is -0.196. The van der Waals surface area contributed by atoms with Crippen LogP contribution in [-0.2, 0) is 19.1 Å². The molecule has 3 aliphatic heterocycles. The smallest absolute Gasteiger partial charge is 0.240 e. The number of aliphatic hydroxyl groups is 2. The number of carbonyl (C=O) groups excluding carboxylic acids is 1. The molecule has 0 aromatic rings. The number of nitrogens with one attached hydrogen (secondary N) is 2. The summed E-state index contributed by atoms with van der Waals surface area (Å²) in [5.74, 6) is 2.90. The lowest BCUT2D eigenvalue weighted by Gasteiger charge is -2.39. The molecule has 6 fully saturated rings. The van der Waals surface area contributed by atoms with E-state index in [-0.39, 0.29) is 18.8 Å². The van der Waals surface area contributed by atoms with Crippen molar-refractivity contribution in [3.63, 3.8) is 0 Å². The summed E-state index contributed by atoms with van der Waals surface area (Å²) in [5.41, 5.74) is 0. The van der Waals surface area contributed by atoms with Crippen LogP contribution in [0.15, 0.2) is 0 Å². The third kappa shape index (κ3) is 8.00. The Hall–Kier alpha value is -0.810. The molecule has 3 heterocycles. The minimum absolute atomic E-state index is 0.0206. The molecule has 8 atom stereocenters. The summed E-state index contributed by atoms with van der Waals surface area (Å²) in [5, 5.41) is 29.6. The van der Waals surface area contributed by atoms with E-state index < -0.39 is 24.2 Å². The summed E-state index contributed by atoms with van der Waals surface area (Å²) in [6.07, 6.45) is 18.3. The van der Waals surface area contributed by atoms with Gasteiger partial charge in [-0.3, -0.25) is 9.63 Å². The van der Waals surface area contributed by atoms with Gasteiger partial charge in [0.25, 0.3) is 0 Å². The number of ether oxygens (including phenoxy) is 2. The van der Waals surface area contributed by atoms with Gasteiger partial charge in [-0.2, -0.15) is 5.06 Å². The maximum absolute atomic E-state index is 13.6. The average Bonchev–Trinajstić information content (AvgIpc) is 3.64. The van der Waals surface area contributed by atoms with Crippen LogP contribution in [0, 0.1) is 35.5 Å². The van der Waals surface area contributed by atoms with E-state index in [1.165, 1.54) is 57.8 Å². The first-order valence-electron chi connectivity index (χ1n) is 18.5. The summed E-state index contributed by atoms with van der Waals surface area (Å²) in [4.78, 5) is 19.9. The third-order valence-electron chi connectivity index (χ3n) is 12.4. The number of amides is 1. The molecule has 3 aliphatic carbocycles. The van der Waals surface area contributed by atoms with Crippen molar-refractivity contribution < 1.29 is 29.3 Å². The second-order valence-electron chi connectivity index (χ2n) is 15.3. The molecular weight excluding hydrogens is 558 g/mol. The number of rotatable bonds is 11. The van der Waals surface area contributed by atoms with E-state index in [1.54, 1.807) is 6.92 Å². The van der Waals surface area contributed by atoms with Gasteiger partial charge in [0, 0.05) is 31.7 Å². The number of nitrogens with zero attached hydrogens (tertiary/aromatic N) is 1. The van der Waals surface area contributed by atoms with Crippen LogP contribution < -0.4 is 10.6 Å². The van der Waals surface area contributed by atoms with Crippen molar-refractivity contribution in [2.75, 3.05) is 32.8 Å². The van der Waals surface area contributed by atoms with E-state index in [0.29, 0.717) is 37.1 Å². The topological polar surface area (TPSA) is 113 Å². The number of fused-ring (bicyclic) bond motifs is 1. The predicted molar refractivity (Wildman–Crippen MR) is 168 cm³/mol. The molecule has 0 aromatic carbocycles. The van der Waals surface area contributed by atoms with Crippen molar-refractivity contribution in [2.24, 2.45) is 35.5 Å². The molecule has 9 nitrogen and oxygen atoms in total. The Morgan fingerprint density at radius 2 is 1.70 bits per heavy atom. The van der Waals surface area contributed by atoms with Crippen molar-refractivity contribution in [1.82, 2.24) is 15.7 Å². The van der Waals surface area contributed by atoms with Crippen molar-refractivity contribution in [2.45, 2.75) is 146 Å². The molecule has 6 rings (SSSR count). The van der Waals surface area contributed by atoms with E-state index >= 15 is 0 Å². The number of hydrogen-bond donors (Lipinski definition) is 4. The number of carbonyl (C=O) groups is 1. The molecule has 0 spiro atoms. The van der Waals surface area contributed by atoms with Crippen molar-refractivity contribution in [1.29, 1.82) is 0 Å². The first-order valence-corrected chi connectivity index (χ1v) is 18.5. The van der Waals surface area contributed by atoms with Gasteiger partial charge in [0.2, 0.25) is 5.91 Å². The maximum Gasteiger partial charge on any atom is 0.240 e. The lowest BCUT2D eigenvalue weighted by Crippen LogP contribution is -2.49. The van der Waals surface area contributed by atoms with Gasteiger partial charge in [0.1, 0.15) is 12.1 Å². The van der Waals surface area contributed by atoms with Crippen molar-refractivity contribution in [3.8, 4) is 0 Å². The molecule has 6 aliphatic rings. The molecule has 3 saturated heterocycles. The Labute approximate surface area is 265 Å². The monoisotopic (exact) mass is 619 g/mol. The van der Waals surface area contributed by atoms with Crippen LogP contribution in [0.4, 0.5) is 0 Å². The van der Waals surface area contributed by atoms with Gasteiger partial charge in [-0.05, 0) is 133 Å². The van der Waals surface area contributed by atoms with E-state index in [1.807, 2.05) is 5.06 Å². The highest BCUT2D eigenvalue weighted by Gasteiger charge is 2.49. The molecule has 3 saturated carbocycles. The molecule has 44 heavy (non-hydrogen) atoms.